The van der Waals surface area contributed by atoms with Crippen LogP contribution in [0.1, 0.15) is 22.3 Å². The third-order valence-corrected chi connectivity index (χ3v) is 5.71. The lowest BCUT2D eigenvalue weighted by Crippen LogP contribution is -2.13. The average Bonchev–Trinajstić information content (AvgIpc) is 2.75. The second-order valence-corrected chi connectivity index (χ2v) is 9.05. The highest BCUT2D eigenvalue weighted by atomic mass is 127. The number of nitriles is 1. The minimum Gasteiger partial charge on any atom is -0.493 e. The first-order chi connectivity index (χ1) is 15.8. The molecule has 1 N–H and O–H groups in total. The number of hydrogen-bond acceptors (Lipinski definition) is 4. The second kappa shape index (κ2) is 11.2. The van der Waals surface area contributed by atoms with Crippen LogP contribution in [0.15, 0.2) is 60.2 Å². The normalized spacial score (nSPS) is 11.0. The minimum absolute atomic E-state index is 0.0447. The fourth-order valence-corrected chi connectivity index (χ4v) is 4.32. The first kappa shape index (κ1) is 24.6. The lowest BCUT2D eigenvalue weighted by Gasteiger charge is -2.14. The number of amides is 1. The van der Waals surface area contributed by atoms with E-state index in [9.17, 15) is 10.1 Å². The van der Waals surface area contributed by atoms with Crippen molar-refractivity contribution in [2.45, 2.75) is 20.5 Å². The Morgan fingerprint density at radius 3 is 2.52 bits per heavy atom. The van der Waals surface area contributed by atoms with Crippen LogP contribution >= 0.6 is 34.2 Å². The Hall–Kier alpha value is -3.02. The maximum atomic E-state index is 12.6. The van der Waals surface area contributed by atoms with Crippen LogP contribution in [0.25, 0.3) is 6.08 Å². The van der Waals surface area contributed by atoms with E-state index in [1.54, 1.807) is 37.4 Å². The van der Waals surface area contributed by atoms with Crippen molar-refractivity contribution >= 4 is 51.9 Å². The Balaban J connectivity index is 1.83. The highest BCUT2D eigenvalue weighted by molar-refractivity contribution is 14.1. The van der Waals surface area contributed by atoms with Gasteiger partial charge in [0.05, 0.1) is 10.7 Å². The summed E-state index contributed by atoms with van der Waals surface area (Å²) in [7, 11) is 1.56. The molecule has 3 aromatic carbocycles. The molecule has 0 saturated carbocycles. The summed E-state index contributed by atoms with van der Waals surface area (Å²) in [6, 6.07) is 18.6. The van der Waals surface area contributed by atoms with Crippen molar-refractivity contribution in [3.63, 3.8) is 0 Å². The van der Waals surface area contributed by atoms with Crippen LogP contribution in [0.4, 0.5) is 5.69 Å². The number of anilines is 1. The van der Waals surface area contributed by atoms with Crippen molar-refractivity contribution in [2.75, 3.05) is 12.4 Å². The molecule has 0 spiro atoms. The van der Waals surface area contributed by atoms with Crippen LogP contribution in [0, 0.1) is 28.7 Å². The summed E-state index contributed by atoms with van der Waals surface area (Å²) in [5.74, 6) is 0.602. The van der Waals surface area contributed by atoms with Gasteiger partial charge in [-0.1, -0.05) is 47.0 Å². The summed E-state index contributed by atoms with van der Waals surface area (Å²) in [5, 5.41) is 12.7. The van der Waals surface area contributed by atoms with E-state index in [0.29, 0.717) is 34.4 Å². The van der Waals surface area contributed by atoms with Gasteiger partial charge in [-0.3, -0.25) is 4.79 Å². The van der Waals surface area contributed by atoms with Gasteiger partial charge < -0.3 is 14.8 Å². The molecule has 0 aliphatic heterocycles. The first-order valence-electron chi connectivity index (χ1n) is 10.0. The molecule has 0 aromatic heterocycles. The van der Waals surface area contributed by atoms with Gasteiger partial charge in [-0.05, 0) is 84.0 Å². The molecule has 0 radical (unpaired) electrons. The van der Waals surface area contributed by atoms with E-state index >= 15 is 0 Å². The predicted octanol–water partition coefficient (Wildman–Crippen LogP) is 6.69. The number of carbonyl (C=O) groups excluding carboxylic acids is 1. The Morgan fingerprint density at radius 1 is 1.15 bits per heavy atom. The highest BCUT2D eigenvalue weighted by Crippen LogP contribution is 2.35. The van der Waals surface area contributed by atoms with Crippen LogP contribution in [0.3, 0.4) is 0 Å². The Morgan fingerprint density at radius 2 is 1.88 bits per heavy atom. The molecule has 5 nitrogen and oxygen atoms in total. The number of carbonyl (C=O) groups is 1. The Labute approximate surface area is 212 Å². The molecule has 0 unspecified atom stereocenters. The van der Waals surface area contributed by atoms with Crippen LogP contribution in [-0.2, 0) is 11.4 Å². The molecule has 3 rings (SSSR count). The molecule has 1 amide bonds. The quantitative estimate of drug-likeness (QED) is 0.194. The monoisotopic (exact) mass is 572 g/mol. The van der Waals surface area contributed by atoms with Crippen molar-refractivity contribution in [1.82, 2.24) is 0 Å². The van der Waals surface area contributed by atoms with Gasteiger partial charge in [0, 0.05) is 10.7 Å². The van der Waals surface area contributed by atoms with Crippen LogP contribution in [0.5, 0.6) is 11.5 Å². The molecule has 0 aliphatic carbocycles. The van der Waals surface area contributed by atoms with Crippen LogP contribution in [0.2, 0.25) is 5.02 Å². The van der Waals surface area contributed by atoms with Crippen molar-refractivity contribution in [3.05, 3.63) is 91.0 Å². The Bertz CT molecular complexity index is 1240. The molecule has 0 bridgehead atoms. The van der Waals surface area contributed by atoms with Gasteiger partial charge in [0.15, 0.2) is 11.5 Å². The molecular formula is C26H22ClIN2O3. The average molecular weight is 573 g/mol. The third-order valence-electron chi connectivity index (χ3n) is 4.67. The zero-order valence-electron chi connectivity index (χ0n) is 18.4. The highest BCUT2D eigenvalue weighted by Gasteiger charge is 2.14. The molecule has 33 heavy (non-hydrogen) atoms. The van der Waals surface area contributed by atoms with E-state index < -0.39 is 5.91 Å². The summed E-state index contributed by atoms with van der Waals surface area (Å²) in [6.07, 6.45) is 1.51. The molecule has 0 aliphatic rings. The van der Waals surface area contributed by atoms with E-state index in [0.717, 1.165) is 9.13 Å². The number of methoxy groups -OCH3 is 1. The van der Waals surface area contributed by atoms with Gasteiger partial charge in [0.2, 0.25) is 0 Å². The van der Waals surface area contributed by atoms with Gasteiger partial charge in [-0.25, -0.2) is 0 Å². The number of aryl methyl sites for hydroxylation is 2. The van der Waals surface area contributed by atoms with Gasteiger partial charge in [0.1, 0.15) is 18.2 Å². The summed E-state index contributed by atoms with van der Waals surface area (Å²) in [5.41, 5.74) is 4.53. The molecule has 0 heterocycles. The molecule has 168 valence electrons. The number of rotatable bonds is 7. The molecule has 7 heteroatoms. The molecule has 3 aromatic rings. The molecular weight excluding hydrogens is 551 g/mol. The van der Waals surface area contributed by atoms with Gasteiger partial charge >= 0.3 is 0 Å². The summed E-state index contributed by atoms with van der Waals surface area (Å²) >= 11 is 8.12. The smallest absolute Gasteiger partial charge is 0.266 e. The van der Waals surface area contributed by atoms with Crippen molar-refractivity contribution in [3.8, 4) is 17.6 Å². The minimum atomic E-state index is -0.524. The number of benzene rings is 3. The predicted molar refractivity (Wildman–Crippen MR) is 140 cm³/mol. The summed E-state index contributed by atoms with van der Waals surface area (Å²) in [6.45, 7) is 4.50. The fraction of sp³-hybridized carbons (Fsp3) is 0.154. The van der Waals surface area contributed by atoms with Crippen LogP contribution in [-0.4, -0.2) is 13.0 Å². The lowest BCUT2D eigenvalue weighted by molar-refractivity contribution is -0.112. The second-order valence-electron chi connectivity index (χ2n) is 7.45. The van der Waals surface area contributed by atoms with E-state index in [4.69, 9.17) is 21.1 Å². The fourth-order valence-electron chi connectivity index (χ4n) is 3.35. The topological polar surface area (TPSA) is 71.3 Å². The van der Waals surface area contributed by atoms with Crippen molar-refractivity contribution < 1.29 is 14.3 Å². The number of ether oxygens (including phenoxy) is 2. The van der Waals surface area contributed by atoms with Gasteiger partial charge in [0.25, 0.3) is 5.91 Å². The molecule has 0 atom stereocenters. The Kier molecular flexibility index (Phi) is 8.37. The summed E-state index contributed by atoms with van der Waals surface area (Å²) < 4.78 is 12.4. The van der Waals surface area contributed by atoms with E-state index in [2.05, 4.69) is 60.0 Å². The van der Waals surface area contributed by atoms with Crippen molar-refractivity contribution in [1.29, 1.82) is 5.26 Å². The number of hydrogen-bond donors (Lipinski definition) is 1. The number of nitrogens with zero attached hydrogens (tertiary/aromatic N) is 1. The van der Waals surface area contributed by atoms with Gasteiger partial charge in [-0.15, -0.1) is 0 Å². The number of halogens is 2. The SMILES string of the molecule is COc1cc(/C=C(\C#N)C(=O)Nc2cccc(Cl)c2)cc(I)c1OCc1cc(C)cc(C)c1. The maximum Gasteiger partial charge on any atom is 0.266 e. The third kappa shape index (κ3) is 6.73. The maximum absolute atomic E-state index is 12.6. The molecule has 0 saturated heterocycles. The zero-order chi connectivity index (χ0) is 24.0. The number of nitrogens with one attached hydrogen (secondary N) is 1. The van der Waals surface area contributed by atoms with E-state index in [-0.39, 0.29) is 5.57 Å². The van der Waals surface area contributed by atoms with E-state index in [1.807, 2.05) is 12.1 Å². The zero-order valence-corrected chi connectivity index (χ0v) is 21.3. The van der Waals surface area contributed by atoms with Crippen molar-refractivity contribution in [2.24, 2.45) is 0 Å². The first-order valence-corrected chi connectivity index (χ1v) is 11.5. The van der Waals surface area contributed by atoms with Crippen LogP contribution < -0.4 is 14.8 Å². The lowest BCUT2D eigenvalue weighted by atomic mass is 10.1. The largest absolute Gasteiger partial charge is 0.493 e. The standard InChI is InChI=1S/C26H22ClIN2O3/c1-16-7-17(2)9-19(8-16)15-33-25-23(28)11-18(12-24(25)32-3)10-20(14-29)26(31)30-22-6-4-5-21(27)13-22/h4-13H,15H2,1-3H3,(H,30,31)/b20-10+. The summed E-state index contributed by atoms with van der Waals surface area (Å²) in [4.78, 5) is 12.6. The van der Waals surface area contributed by atoms with E-state index in [1.165, 1.54) is 17.2 Å². The van der Waals surface area contributed by atoms with Gasteiger partial charge in [-0.2, -0.15) is 5.26 Å². The molecule has 0 fully saturated rings.